The molecule has 1 saturated carbocycles. The highest BCUT2D eigenvalue weighted by Crippen LogP contribution is 2.17. The van der Waals surface area contributed by atoms with Crippen LogP contribution in [0, 0.1) is 6.92 Å². The molecule has 134 valence electrons. The first kappa shape index (κ1) is 17.7. The van der Waals surface area contributed by atoms with E-state index < -0.39 is 0 Å². The van der Waals surface area contributed by atoms with Gasteiger partial charge >= 0.3 is 0 Å². The molecule has 1 aromatic carbocycles. The topological polar surface area (TPSA) is 59.0 Å². The van der Waals surface area contributed by atoms with E-state index in [1.54, 1.807) is 10.9 Å². The molecule has 1 aliphatic rings. The standard InChI is InChI=1S/C20H28N4O/c1-16-19(15-24(23-16)18-11-7-4-8-12-18)20(25)22-14-13-21-17-9-5-2-3-6-10-17/h4,7-8,11-12,15,17,21H,2-3,5-6,9-10,13-14H2,1H3,(H,22,25). The summed E-state index contributed by atoms with van der Waals surface area (Å²) in [6.07, 6.45) is 9.69. The zero-order valence-corrected chi connectivity index (χ0v) is 15.0. The largest absolute Gasteiger partial charge is 0.351 e. The van der Waals surface area contributed by atoms with Gasteiger partial charge in [-0.25, -0.2) is 4.68 Å². The molecule has 1 fully saturated rings. The van der Waals surface area contributed by atoms with Crippen molar-refractivity contribution in [2.24, 2.45) is 0 Å². The molecule has 0 spiro atoms. The predicted molar refractivity (Wildman–Crippen MR) is 100 cm³/mol. The molecule has 5 nitrogen and oxygen atoms in total. The number of hydrogen-bond acceptors (Lipinski definition) is 3. The monoisotopic (exact) mass is 340 g/mol. The van der Waals surface area contributed by atoms with Crippen LogP contribution in [0.4, 0.5) is 0 Å². The summed E-state index contributed by atoms with van der Waals surface area (Å²) in [5, 5.41) is 11.0. The summed E-state index contributed by atoms with van der Waals surface area (Å²) >= 11 is 0. The number of para-hydroxylation sites is 1. The van der Waals surface area contributed by atoms with Gasteiger partial charge in [0.1, 0.15) is 0 Å². The molecule has 0 atom stereocenters. The summed E-state index contributed by atoms with van der Waals surface area (Å²) in [7, 11) is 0. The quantitative estimate of drug-likeness (QED) is 0.627. The number of carbonyl (C=O) groups excluding carboxylic acids is 1. The van der Waals surface area contributed by atoms with Gasteiger partial charge in [0.05, 0.1) is 16.9 Å². The van der Waals surface area contributed by atoms with Crippen molar-refractivity contribution in [2.45, 2.75) is 51.5 Å². The average Bonchev–Trinajstić information content (AvgIpc) is 2.85. The number of nitrogens with one attached hydrogen (secondary N) is 2. The third-order valence-electron chi connectivity index (χ3n) is 4.86. The molecular weight excluding hydrogens is 312 g/mol. The normalized spacial score (nSPS) is 15.7. The highest BCUT2D eigenvalue weighted by molar-refractivity contribution is 5.95. The van der Waals surface area contributed by atoms with E-state index in [0.717, 1.165) is 17.9 Å². The summed E-state index contributed by atoms with van der Waals surface area (Å²) in [4.78, 5) is 12.4. The molecule has 2 aromatic rings. The minimum Gasteiger partial charge on any atom is -0.351 e. The molecule has 2 N–H and O–H groups in total. The van der Waals surface area contributed by atoms with Crippen LogP contribution in [0.15, 0.2) is 36.5 Å². The van der Waals surface area contributed by atoms with E-state index in [1.807, 2.05) is 37.3 Å². The molecule has 5 heteroatoms. The van der Waals surface area contributed by atoms with Crippen molar-refractivity contribution in [1.82, 2.24) is 20.4 Å². The molecule has 3 rings (SSSR count). The minimum absolute atomic E-state index is 0.0534. The van der Waals surface area contributed by atoms with Gasteiger partial charge < -0.3 is 10.6 Å². The Morgan fingerprint density at radius 3 is 2.56 bits per heavy atom. The second-order valence-electron chi connectivity index (χ2n) is 6.81. The van der Waals surface area contributed by atoms with Gasteiger partial charge in [0, 0.05) is 25.3 Å². The van der Waals surface area contributed by atoms with Crippen molar-refractivity contribution < 1.29 is 4.79 Å². The number of hydrogen-bond donors (Lipinski definition) is 2. The fraction of sp³-hybridized carbons (Fsp3) is 0.500. The Bertz CT molecular complexity index is 672. The summed E-state index contributed by atoms with van der Waals surface area (Å²) < 4.78 is 1.76. The molecule has 0 aliphatic heterocycles. The number of aromatic nitrogens is 2. The molecule has 1 aromatic heterocycles. The molecule has 0 radical (unpaired) electrons. The second kappa shape index (κ2) is 8.81. The lowest BCUT2D eigenvalue weighted by atomic mass is 10.1. The van der Waals surface area contributed by atoms with Gasteiger partial charge in [0.25, 0.3) is 5.91 Å². The first-order chi connectivity index (χ1) is 12.2. The maximum absolute atomic E-state index is 12.4. The van der Waals surface area contributed by atoms with Gasteiger partial charge in [0.2, 0.25) is 0 Å². The van der Waals surface area contributed by atoms with Gasteiger partial charge in [-0.2, -0.15) is 5.10 Å². The van der Waals surface area contributed by atoms with Gasteiger partial charge in [-0.05, 0) is 31.9 Å². The smallest absolute Gasteiger partial charge is 0.254 e. The fourth-order valence-corrected chi connectivity index (χ4v) is 3.43. The number of nitrogens with zero attached hydrogens (tertiary/aromatic N) is 2. The highest BCUT2D eigenvalue weighted by Gasteiger charge is 2.14. The van der Waals surface area contributed by atoms with E-state index in [9.17, 15) is 4.79 Å². The van der Waals surface area contributed by atoms with Gasteiger partial charge in [-0.1, -0.05) is 43.9 Å². The van der Waals surface area contributed by atoms with Crippen LogP contribution in [0.1, 0.15) is 54.6 Å². The molecule has 0 saturated heterocycles. The first-order valence-corrected chi connectivity index (χ1v) is 9.37. The average molecular weight is 340 g/mol. The Balaban J connectivity index is 1.49. The van der Waals surface area contributed by atoms with Gasteiger partial charge in [0.15, 0.2) is 0 Å². The molecule has 0 bridgehead atoms. The van der Waals surface area contributed by atoms with Crippen molar-refractivity contribution >= 4 is 5.91 Å². The van der Waals surface area contributed by atoms with Crippen molar-refractivity contribution in [2.75, 3.05) is 13.1 Å². The van der Waals surface area contributed by atoms with E-state index in [-0.39, 0.29) is 5.91 Å². The Kier molecular flexibility index (Phi) is 6.23. The Hall–Kier alpha value is -2.14. The van der Waals surface area contributed by atoms with Crippen LogP contribution < -0.4 is 10.6 Å². The van der Waals surface area contributed by atoms with E-state index in [0.29, 0.717) is 18.2 Å². The zero-order chi connectivity index (χ0) is 17.5. The maximum atomic E-state index is 12.4. The lowest BCUT2D eigenvalue weighted by Crippen LogP contribution is -2.36. The Morgan fingerprint density at radius 1 is 1.12 bits per heavy atom. The molecular formula is C20H28N4O. The van der Waals surface area contributed by atoms with Crippen LogP contribution in [0.5, 0.6) is 0 Å². The van der Waals surface area contributed by atoms with E-state index >= 15 is 0 Å². The van der Waals surface area contributed by atoms with E-state index in [2.05, 4.69) is 15.7 Å². The fourth-order valence-electron chi connectivity index (χ4n) is 3.43. The van der Waals surface area contributed by atoms with Crippen molar-refractivity contribution in [3.05, 3.63) is 47.8 Å². The molecule has 0 unspecified atom stereocenters. The highest BCUT2D eigenvalue weighted by atomic mass is 16.1. The van der Waals surface area contributed by atoms with E-state index in [1.165, 1.54) is 38.5 Å². The Labute approximate surface area is 149 Å². The molecule has 1 heterocycles. The summed E-state index contributed by atoms with van der Waals surface area (Å²) in [5.41, 5.74) is 2.34. The second-order valence-corrected chi connectivity index (χ2v) is 6.81. The number of carbonyl (C=O) groups is 1. The summed E-state index contributed by atoms with van der Waals surface area (Å²) in [6.45, 7) is 3.34. The van der Waals surface area contributed by atoms with Gasteiger partial charge in [-0.3, -0.25) is 4.79 Å². The van der Waals surface area contributed by atoms with Crippen LogP contribution in [0.3, 0.4) is 0 Å². The van der Waals surface area contributed by atoms with Crippen molar-refractivity contribution in [1.29, 1.82) is 0 Å². The summed E-state index contributed by atoms with van der Waals surface area (Å²) in [6, 6.07) is 10.5. The van der Waals surface area contributed by atoms with Crippen molar-refractivity contribution in [3.8, 4) is 5.69 Å². The first-order valence-electron chi connectivity index (χ1n) is 9.37. The third kappa shape index (κ3) is 4.92. The van der Waals surface area contributed by atoms with E-state index in [4.69, 9.17) is 0 Å². The lowest BCUT2D eigenvalue weighted by molar-refractivity contribution is 0.0953. The maximum Gasteiger partial charge on any atom is 0.254 e. The van der Waals surface area contributed by atoms with Crippen LogP contribution in [0.2, 0.25) is 0 Å². The minimum atomic E-state index is -0.0534. The summed E-state index contributed by atoms with van der Waals surface area (Å²) in [5.74, 6) is -0.0534. The van der Waals surface area contributed by atoms with Gasteiger partial charge in [-0.15, -0.1) is 0 Å². The molecule has 1 aliphatic carbocycles. The zero-order valence-electron chi connectivity index (χ0n) is 15.0. The van der Waals surface area contributed by atoms with Crippen LogP contribution >= 0.6 is 0 Å². The lowest BCUT2D eigenvalue weighted by Gasteiger charge is -2.16. The molecule has 1 amide bonds. The van der Waals surface area contributed by atoms with Crippen LogP contribution in [0.25, 0.3) is 5.69 Å². The number of amides is 1. The predicted octanol–water partition coefficient (Wildman–Crippen LogP) is 3.22. The van der Waals surface area contributed by atoms with Crippen molar-refractivity contribution in [3.63, 3.8) is 0 Å². The van der Waals surface area contributed by atoms with Crippen LogP contribution in [-0.2, 0) is 0 Å². The number of rotatable bonds is 6. The third-order valence-corrected chi connectivity index (χ3v) is 4.86. The number of benzene rings is 1. The van der Waals surface area contributed by atoms with Crippen LogP contribution in [-0.4, -0.2) is 34.8 Å². The molecule has 25 heavy (non-hydrogen) atoms. The Morgan fingerprint density at radius 2 is 1.84 bits per heavy atom. The number of aryl methyl sites for hydroxylation is 1. The SMILES string of the molecule is Cc1nn(-c2ccccc2)cc1C(=O)NCCNC1CCCCCC1.